The summed E-state index contributed by atoms with van der Waals surface area (Å²) in [6.45, 7) is 2.96. The molecule has 0 spiro atoms. The largest absolute Gasteiger partial charge is 0.350 e. The molecule has 4 rings (SSSR count). The van der Waals surface area contributed by atoms with Gasteiger partial charge in [-0.3, -0.25) is 9.59 Å². The first-order valence-corrected chi connectivity index (χ1v) is 13.8. The number of aromatic nitrogens is 5. The third kappa shape index (κ3) is 7.63. The second-order valence-electron chi connectivity index (χ2n) is 11.2. The molecule has 0 aliphatic heterocycles. The SMILES string of the molecule is CC(C)n1ncnc1C(=O)N[C@H](c1nc2c(F)c([C@H](CC(F)F)C(=O)NCC(C)(F)F)ccc2[nH]1)C1CCC(F)(F)CC1. The molecule has 1 saturated carbocycles. The summed E-state index contributed by atoms with van der Waals surface area (Å²) in [5, 5.41) is 8.67. The van der Waals surface area contributed by atoms with Crippen molar-refractivity contribution in [3.8, 4) is 0 Å². The predicted octanol–water partition coefficient (Wildman–Crippen LogP) is 5.68. The van der Waals surface area contributed by atoms with E-state index in [1.165, 1.54) is 17.1 Å². The van der Waals surface area contributed by atoms with E-state index in [1.807, 2.05) is 5.32 Å². The Kier molecular flexibility index (Phi) is 9.35. The highest BCUT2D eigenvalue weighted by atomic mass is 19.3. The maximum Gasteiger partial charge on any atom is 0.289 e. The molecule has 0 bridgehead atoms. The van der Waals surface area contributed by atoms with Crippen LogP contribution < -0.4 is 10.6 Å². The molecule has 2 atom stereocenters. The number of carbonyl (C=O) groups is 2. The minimum atomic E-state index is -3.32. The van der Waals surface area contributed by atoms with Gasteiger partial charge in [0.1, 0.15) is 17.7 Å². The molecule has 2 amide bonds. The summed E-state index contributed by atoms with van der Waals surface area (Å²) >= 11 is 0. The number of halogens is 7. The van der Waals surface area contributed by atoms with Crippen molar-refractivity contribution in [1.29, 1.82) is 0 Å². The van der Waals surface area contributed by atoms with E-state index in [9.17, 15) is 35.9 Å². The van der Waals surface area contributed by atoms with Crippen molar-refractivity contribution in [3.63, 3.8) is 0 Å². The number of amides is 2. The Morgan fingerprint density at radius 1 is 1.19 bits per heavy atom. The van der Waals surface area contributed by atoms with Crippen LogP contribution in [0.3, 0.4) is 0 Å². The number of nitrogens with one attached hydrogen (secondary N) is 3. The average molecular weight is 620 g/mol. The van der Waals surface area contributed by atoms with Gasteiger partial charge in [0.25, 0.3) is 11.8 Å². The van der Waals surface area contributed by atoms with Crippen LogP contribution in [0.25, 0.3) is 11.0 Å². The number of hydrogen-bond donors (Lipinski definition) is 3. The Morgan fingerprint density at radius 3 is 2.47 bits per heavy atom. The van der Waals surface area contributed by atoms with Crippen molar-refractivity contribution < 1.29 is 40.3 Å². The Balaban J connectivity index is 1.70. The molecule has 1 aromatic carbocycles. The first-order valence-electron chi connectivity index (χ1n) is 13.8. The highest BCUT2D eigenvalue weighted by Crippen LogP contribution is 2.41. The van der Waals surface area contributed by atoms with E-state index in [4.69, 9.17) is 0 Å². The molecule has 16 heteroatoms. The summed E-state index contributed by atoms with van der Waals surface area (Å²) in [5.41, 5.74) is -0.755. The second-order valence-corrected chi connectivity index (χ2v) is 11.2. The summed E-state index contributed by atoms with van der Waals surface area (Å²) in [5.74, 6) is -11.6. The molecule has 236 valence electrons. The van der Waals surface area contributed by atoms with Crippen molar-refractivity contribution in [2.24, 2.45) is 5.92 Å². The number of alkyl halides is 6. The van der Waals surface area contributed by atoms with Gasteiger partial charge in [-0.05, 0) is 38.7 Å². The molecule has 0 unspecified atom stereocenters. The summed E-state index contributed by atoms with van der Waals surface area (Å²) in [6.07, 6.45) is -3.85. The van der Waals surface area contributed by atoms with E-state index in [0.717, 1.165) is 6.07 Å². The fraction of sp³-hybridized carbons (Fsp3) is 0.593. The average Bonchev–Trinajstić information content (AvgIpc) is 3.57. The second kappa shape index (κ2) is 12.5. The zero-order valence-electron chi connectivity index (χ0n) is 23.6. The molecule has 3 aromatic rings. The van der Waals surface area contributed by atoms with E-state index in [-0.39, 0.29) is 41.6 Å². The van der Waals surface area contributed by atoms with Gasteiger partial charge in [0, 0.05) is 37.8 Å². The standard InChI is InChI=1S/C27H32F7N7O2/c1-13(2)41-23(36-12-37-41)25(43)40-20(14-6-8-27(33,34)9-7-14)22-38-17-5-4-15(19(30)21(17)39-22)16(10-18(28)29)24(42)35-11-26(3,31)32/h4-5,12-14,16,18,20H,6-11H2,1-3H3,(H,35,42)(H,38,39)(H,40,43)/t16-,20-/m0/s1. The van der Waals surface area contributed by atoms with E-state index < -0.39 is 85.2 Å². The molecule has 1 aliphatic rings. The van der Waals surface area contributed by atoms with Gasteiger partial charge in [-0.15, -0.1) is 0 Å². The van der Waals surface area contributed by atoms with Crippen LogP contribution in [0.4, 0.5) is 30.7 Å². The zero-order chi connectivity index (χ0) is 31.7. The van der Waals surface area contributed by atoms with Crippen LogP contribution >= 0.6 is 0 Å². The first-order chi connectivity index (χ1) is 20.1. The van der Waals surface area contributed by atoms with E-state index in [1.54, 1.807) is 13.8 Å². The third-order valence-electron chi connectivity index (χ3n) is 7.40. The summed E-state index contributed by atoms with van der Waals surface area (Å²) < 4.78 is 98.4. The fourth-order valence-electron chi connectivity index (χ4n) is 5.21. The van der Waals surface area contributed by atoms with E-state index in [2.05, 4.69) is 25.4 Å². The number of hydrogen-bond acceptors (Lipinski definition) is 5. The van der Waals surface area contributed by atoms with Crippen molar-refractivity contribution in [2.75, 3.05) is 6.54 Å². The van der Waals surface area contributed by atoms with Gasteiger partial charge in [-0.1, -0.05) is 6.07 Å². The van der Waals surface area contributed by atoms with Gasteiger partial charge >= 0.3 is 0 Å². The Morgan fingerprint density at radius 2 is 1.86 bits per heavy atom. The third-order valence-corrected chi connectivity index (χ3v) is 7.40. The van der Waals surface area contributed by atoms with Crippen LogP contribution in [-0.2, 0) is 4.79 Å². The molecule has 2 aromatic heterocycles. The lowest BCUT2D eigenvalue weighted by atomic mass is 9.81. The van der Waals surface area contributed by atoms with E-state index in [0.29, 0.717) is 6.92 Å². The molecule has 9 nitrogen and oxygen atoms in total. The van der Waals surface area contributed by atoms with Crippen LogP contribution in [0.1, 0.15) is 92.9 Å². The zero-order valence-corrected chi connectivity index (χ0v) is 23.6. The van der Waals surface area contributed by atoms with Crippen LogP contribution in [-0.4, -0.2) is 61.4 Å². The molecule has 1 fully saturated rings. The number of fused-ring (bicyclic) bond motifs is 1. The number of imidazole rings is 1. The molecule has 2 heterocycles. The van der Waals surface area contributed by atoms with Gasteiger partial charge < -0.3 is 15.6 Å². The number of carbonyl (C=O) groups excluding carboxylic acids is 2. The molecule has 3 N–H and O–H groups in total. The lowest BCUT2D eigenvalue weighted by Gasteiger charge is -2.33. The Hall–Kier alpha value is -3.72. The summed E-state index contributed by atoms with van der Waals surface area (Å²) in [4.78, 5) is 37.0. The number of H-pyrrole nitrogens is 1. The van der Waals surface area contributed by atoms with Gasteiger partial charge in [-0.25, -0.2) is 45.4 Å². The highest BCUT2D eigenvalue weighted by molar-refractivity contribution is 5.91. The van der Waals surface area contributed by atoms with Gasteiger partial charge in [0.15, 0.2) is 5.82 Å². The van der Waals surface area contributed by atoms with Crippen LogP contribution in [0.5, 0.6) is 0 Å². The quantitative estimate of drug-likeness (QED) is 0.239. The van der Waals surface area contributed by atoms with Gasteiger partial charge in [-0.2, -0.15) is 5.10 Å². The van der Waals surface area contributed by atoms with Crippen LogP contribution in [0.15, 0.2) is 18.5 Å². The molecule has 1 aliphatic carbocycles. The lowest BCUT2D eigenvalue weighted by Crippen LogP contribution is -2.38. The van der Waals surface area contributed by atoms with Crippen LogP contribution in [0, 0.1) is 11.7 Å². The number of rotatable bonds is 11. The van der Waals surface area contributed by atoms with Crippen molar-refractivity contribution in [1.82, 2.24) is 35.4 Å². The Bertz CT molecular complexity index is 1440. The van der Waals surface area contributed by atoms with Crippen molar-refractivity contribution in [2.45, 2.75) is 89.1 Å². The molecular weight excluding hydrogens is 587 g/mol. The van der Waals surface area contributed by atoms with Gasteiger partial charge in [0.05, 0.1) is 24.0 Å². The summed E-state index contributed by atoms with van der Waals surface area (Å²) in [7, 11) is 0. The van der Waals surface area contributed by atoms with Gasteiger partial charge in [0.2, 0.25) is 24.1 Å². The highest BCUT2D eigenvalue weighted by Gasteiger charge is 2.40. The topological polar surface area (TPSA) is 118 Å². The molecule has 0 saturated heterocycles. The van der Waals surface area contributed by atoms with Crippen LogP contribution in [0.2, 0.25) is 0 Å². The molecule has 43 heavy (non-hydrogen) atoms. The number of benzene rings is 1. The first kappa shape index (κ1) is 32.2. The monoisotopic (exact) mass is 619 g/mol. The number of aromatic amines is 1. The predicted molar refractivity (Wildman–Crippen MR) is 141 cm³/mol. The lowest BCUT2D eigenvalue weighted by molar-refractivity contribution is -0.125. The fourth-order valence-corrected chi connectivity index (χ4v) is 5.21. The minimum absolute atomic E-state index is 0.0122. The molecule has 0 radical (unpaired) electrons. The number of nitrogens with zero attached hydrogens (tertiary/aromatic N) is 4. The minimum Gasteiger partial charge on any atom is -0.350 e. The van der Waals surface area contributed by atoms with Crippen molar-refractivity contribution >= 4 is 22.8 Å². The summed E-state index contributed by atoms with van der Waals surface area (Å²) in [6, 6.07) is 1.14. The van der Waals surface area contributed by atoms with E-state index >= 15 is 4.39 Å². The maximum atomic E-state index is 15.8. The van der Waals surface area contributed by atoms with Crippen molar-refractivity contribution in [3.05, 3.63) is 41.5 Å². The smallest absolute Gasteiger partial charge is 0.289 e. The maximum absolute atomic E-state index is 15.8. The molecular formula is C27H32F7N7O2. The normalized spacial score (nSPS) is 17.4. The Labute approximate surface area is 242 Å².